The Kier molecular flexibility index (Phi) is 5.24. The number of nitrogens with one attached hydrogen (secondary N) is 1. The highest BCUT2D eigenvalue weighted by molar-refractivity contribution is 9.10. The van der Waals surface area contributed by atoms with Gasteiger partial charge in [-0.3, -0.25) is 4.90 Å². The molecule has 1 atom stereocenters. The van der Waals surface area contributed by atoms with Crippen LogP contribution in [0.3, 0.4) is 0 Å². The molecule has 2 nitrogen and oxygen atoms in total. The van der Waals surface area contributed by atoms with Crippen LogP contribution in [-0.4, -0.2) is 31.1 Å². The highest BCUT2D eigenvalue weighted by Crippen LogP contribution is 2.41. The van der Waals surface area contributed by atoms with E-state index >= 15 is 0 Å². The van der Waals surface area contributed by atoms with Crippen molar-refractivity contribution in [3.05, 3.63) is 33.8 Å². The number of benzene rings is 1. The smallest absolute Gasteiger partial charge is 0.314 e. The number of piperazine rings is 1. The maximum absolute atomic E-state index is 13.1. The molecule has 0 saturated carbocycles. The summed E-state index contributed by atoms with van der Waals surface area (Å²) in [6.07, 6.45) is -4.33. The predicted octanol–water partition coefficient (Wildman–Crippen LogP) is 4.46. The van der Waals surface area contributed by atoms with Crippen LogP contribution in [-0.2, 0) is 6.18 Å². The fourth-order valence-corrected chi connectivity index (χ4v) is 3.64. The lowest BCUT2D eigenvalue weighted by molar-refractivity contribution is -0.137. The first kappa shape index (κ1) is 17.8. The number of nitrogens with zero attached hydrogens (tertiary/aromatic N) is 1. The minimum atomic E-state index is -4.33. The van der Waals surface area contributed by atoms with Crippen LogP contribution in [0, 0.1) is 5.41 Å². The van der Waals surface area contributed by atoms with Crippen molar-refractivity contribution in [2.75, 3.05) is 26.2 Å². The molecule has 0 bridgehead atoms. The summed E-state index contributed by atoms with van der Waals surface area (Å²) in [6, 6.07) is 4.20. The average molecular weight is 379 g/mol. The molecule has 6 heteroatoms. The Balaban J connectivity index is 2.45. The van der Waals surface area contributed by atoms with Crippen molar-refractivity contribution >= 4 is 15.9 Å². The van der Waals surface area contributed by atoms with E-state index in [2.05, 4.69) is 46.9 Å². The van der Waals surface area contributed by atoms with E-state index < -0.39 is 11.7 Å². The van der Waals surface area contributed by atoms with Crippen molar-refractivity contribution < 1.29 is 13.2 Å². The van der Waals surface area contributed by atoms with Crippen molar-refractivity contribution in [2.24, 2.45) is 5.41 Å². The van der Waals surface area contributed by atoms with E-state index in [0.717, 1.165) is 37.8 Å². The second-order valence-corrected chi connectivity index (χ2v) is 7.74. The lowest BCUT2D eigenvalue weighted by Crippen LogP contribution is -2.48. The maximum atomic E-state index is 13.1. The Bertz CT molecular complexity index is 517. The van der Waals surface area contributed by atoms with Gasteiger partial charge in [-0.15, -0.1) is 0 Å². The summed E-state index contributed by atoms with van der Waals surface area (Å²) in [5, 5.41) is 3.29. The molecule has 0 radical (unpaired) electrons. The molecule has 0 unspecified atom stereocenters. The third-order valence-corrected chi connectivity index (χ3v) is 4.36. The first-order valence-corrected chi connectivity index (χ1v) is 8.21. The number of halogens is 4. The summed E-state index contributed by atoms with van der Waals surface area (Å²) in [7, 11) is 0. The fourth-order valence-electron chi connectivity index (χ4n) is 3.13. The van der Waals surface area contributed by atoms with E-state index in [9.17, 15) is 13.2 Å². The van der Waals surface area contributed by atoms with Crippen LogP contribution in [0.4, 0.5) is 13.2 Å². The molecule has 0 spiro atoms. The van der Waals surface area contributed by atoms with E-state index in [4.69, 9.17) is 0 Å². The van der Waals surface area contributed by atoms with Gasteiger partial charge in [-0.2, -0.15) is 13.2 Å². The van der Waals surface area contributed by atoms with Crippen molar-refractivity contribution in [1.29, 1.82) is 0 Å². The van der Waals surface area contributed by atoms with Gasteiger partial charge < -0.3 is 5.32 Å². The van der Waals surface area contributed by atoms with E-state index in [1.807, 2.05) is 6.07 Å². The molecule has 0 aliphatic carbocycles. The Morgan fingerprint density at radius 2 is 1.68 bits per heavy atom. The largest absolute Gasteiger partial charge is 0.416 e. The number of rotatable bonds is 2. The molecule has 1 N–H and O–H groups in total. The van der Waals surface area contributed by atoms with Gasteiger partial charge in [0.1, 0.15) is 0 Å². The van der Waals surface area contributed by atoms with Gasteiger partial charge in [0.05, 0.1) is 5.56 Å². The van der Waals surface area contributed by atoms with Gasteiger partial charge in [0.2, 0.25) is 0 Å². The summed E-state index contributed by atoms with van der Waals surface area (Å²) in [5.74, 6) is 0. The molecule has 1 aliphatic rings. The molecule has 22 heavy (non-hydrogen) atoms. The van der Waals surface area contributed by atoms with Gasteiger partial charge in [0.15, 0.2) is 0 Å². The molecule has 1 saturated heterocycles. The Morgan fingerprint density at radius 3 is 2.18 bits per heavy atom. The molecule has 1 heterocycles. The van der Waals surface area contributed by atoms with E-state index in [1.165, 1.54) is 6.07 Å². The van der Waals surface area contributed by atoms with Crippen molar-refractivity contribution in [2.45, 2.75) is 33.0 Å². The number of alkyl halides is 3. The van der Waals surface area contributed by atoms with Gasteiger partial charge in [0.25, 0.3) is 0 Å². The predicted molar refractivity (Wildman–Crippen MR) is 85.8 cm³/mol. The normalized spacial score (nSPS) is 19.2. The monoisotopic (exact) mass is 378 g/mol. The zero-order chi connectivity index (χ0) is 16.5. The second kappa shape index (κ2) is 6.49. The van der Waals surface area contributed by atoms with Crippen LogP contribution >= 0.6 is 15.9 Å². The molecule has 1 aliphatic heterocycles. The van der Waals surface area contributed by atoms with Crippen LogP contribution in [0.1, 0.15) is 37.9 Å². The number of hydrogen-bond donors (Lipinski definition) is 1. The van der Waals surface area contributed by atoms with Gasteiger partial charge in [0, 0.05) is 36.7 Å². The SMILES string of the molecule is CC(C)(C)[C@H](c1cc(Br)cc(C(F)(F)F)c1)N1CCNCC1. The molecule has 2 rings (SSSR count). The Morgan fingerprint density at radius 1 is 1.09 bits per heavy atom. The molecular formula is C16H22BrF3N2. The topological polar surface area (TPSA) is 15.3 Å². The summed E-state index contributed by atoms with van der Waals surface area (Å²) in [4.78, 5) is 2.28. The lowest BCUT2D eigenvalue weighted by atomic mass is 9.80. The Labute approximate surface area is 138 Å². The maximum Gasteiger partial charge on any atom is 0.416 e. The third-order valence-electron chi connectivity index (χ3n) is 3.90. The van der Waals surface area contributed by atoms with Crippen LogP contribution in [0.2, 0.25) is 0 Å². The lowest BCUT2D eigenvalue weighted by Gasteiger charge is -2.43. The van der Waals surface area contributed by atoms with Crippen LogP contribution in [0.5, 0.6) is 0 Å². The van der Waals surface area contributed by atoms with Crippen molar-refractivity contribution in [3.8, 4) is 0 Å². The van der Waals surface area contributed by atoms with Crippen molar-refractivity contribution in [3.63, 3.8) is 0 Å². The third kappa shape index (κ3) is 4.24. The van der Waals surface area contributed by atoms with E-state index in [0.29, 0.717) is 4.47 Å². The van der Waals surface area contributed by atoms with Gasteiger partial charge >= 0.3 is 6.18 Å². The highest BCUT2D eigenvalue weighted by atomic mass is 79.9. The summed E-state index contributed by atoms with van der Waals surface area (Å²) < 4.78 is 39.8. The molecule has 0 aromatic heterocycles. The van der Waals surface area contributed by atoms with Gasteiger partial charge in [-0.1, -0.05) is 36.7 Å². The fraction of sp³-hybridized carbons (Fsp3) is 0.625. The second-order valence-electron chi connectivity index (χ2n) is 6.83. The molecular weight excluding hydrogens is 357 g/mol. The van der Waals surface area contributed by atoms with Gasteiger partial charge in [-0.05, 0) is 29.2 Å². The van der Waals surface area contributed by atoms with Crippen LogP contribution < -0.4 is 5.32 Å². The Hall–Kier alpha value is -0.590. The van der Waals surface area contributed by atoms with Gasteiger partial charge in [-0.25, -0.2) is 0 Å². The summed E-state index contributed by atoms with van der Waals surface area (Å²) in [6.45, 7) is 9.65. The van der Waals surface area contributed by atoms with E-state index in [1.54, 1.807) is 0 Å². The molecule has 1 aromatic carbocycles. The number of hydrogen-bond acceptors (Lipinski definition) is 2. The van der Waals surface area contributed by atoms with Crippen molar-refractivity contribution in [1.82, 2.24) is 10.2 Å². The standard InChI is InChI=1S/C16H22BrF3N2/c1-15(2,3)14(22-6-4-21-5-7-22)11-8-12(16(18,19)20)10-13(17)9-11/h8-10,14,21H,4-7H2,1-3H3/t14-/m0/s1. The summed E-state index contributed by atoms with van der Waals surface area (Å²) >= 11 is 3.23. The van der Waals surface area contributed by atoms with E-state index in [-0.39, 0.29) is 11.5 Å². The van der Waals surface area contributed by atoms with Crippen LogP contribution in [0.15, 0.2) is 22.7 Å². The molecule has 1 fully saturated rings. The highest BCUT2D eigenvalue weighted by Gasteiger charge is 2.36. The molecule has 1 aromatic rings. The first-order valence-electron chi connectivity index (χ1n) is 7.41. The zero-order valence-electron chi connectivity index (χ0n) is 13.1. The average Bonchev–Trinajstić information content (AvgIpc) is 2.36. The minimum absolute atomic E-state index is 0.0480. The zero-order valence-corrected chi connectivity index (χ0v) is 14.7. The minimum Gasteiger partial charge on any atom is -0.314 e. The quantitative estimate of drug-likeness (QED) is 0.816. The first-order chi connectivity index (χ1) is 10.1. The molecule has 0 amide bonds. The van der Waals surface area contributed by atoms with Crippen LogP contribution in [0.25, 0.3) is 0 Å². The molecule has 124 valence electrons. The summed E-state index contributed by atoms with van der Waals surface area (Å²) in [5.41, 5.74) is -0.0292.